The van der Waals surface area contributed by atoms with Crippen LogP contribution >= 0.6 is 0 Å². The van der Waals surface area contributed by atoms with Gasteiger partial charge in [0, 0.05) is 6.54 Å². The minimum absolute atomic E-state index is 0.317. The first-order valence-electron chi connectivity index (χ1n) is 6.90. The van der Waals surface area contributed by atoms with Gasteiger partial charge in [-0.15, -0.1) is 0 Å². The SMILES string of the molecule is CCNC(=O)NC(=O)C(C)OC(=O)COc1cccc(C)c1. The van der Waals surface area contributed by atoms with Crippen LogP contribution in [0.1, 0.15) is 19.4 Å². The highest BCUT2D eigenvalue weighted by Gasteiger charge is 2.19. The molecule has 2 N–H and O–H groups in total. The third-order valence-corrected chi connectivity index (χ3v) is 2.60. The van der Waals surface area contributed by atoms with Crippen LogP contribution in [0.25, 0.3) is 0 Å². The predicted molar refractivity (Wildman–Crippen MR) is 79.4 cm³/mol. The van der Waals surface area contributed by atoms with Crippen molar-refractivity contribution in [3.63, 3.8) is 0 Å². The Bertz CT molecular complexity index is 544. The van der Waals surface area contributed by atoms with Gasteiger partial charge in [-0.2, -0.15) is 0 Å². The Labute approximate surface area is 129 Å². The Kier molecular flexibility index (Phi) is 6.88. The fourth-order valence-corrected chi connectivity index (χ4v) is 1.55. The van der Waals surface area contributed by atoms with E-state index in [2.05, 4.69) is 10.6 Å². The highest BCUT2D eigenvalue weighted by Crippen LogP contribution is 2.12. The molecule has 0 aliphatic carbocycles. The van der Waals surface area contributed by atoms with Crippen molar-refractivity contribution in [1.29, 1.82) is 0 Å². The Morgan fingerprint density at radius 1 is 1.27 bits per heavy atom. The molecule has 0 bridgehead atoms. The maximum Gasteiger partial charge on any atom is 0.344 e. The standard InChI is InChI=1S/C15H20N2O5/c1-4-16-15(20)17-14(19)11(3)22-13(18)9-21-12-7-5-6-10(2)8-12/h5-8,11H,4,9H2,1-3H3,(H2,16,17,19,20). The molecule has 0 heterocycles. The molecule has 7 heteroatoms. The Balaban J connectivity index is 2.37. The van der Waals surface area contributed by atoms with Crippen LogP contribution in [0.3, 0.4) is 0 Å². The number of urea groups is 1. The lowest BCUT2D eigenvalue weighted by atomic mass is 10.2. The minimum atomic E-state index is -1.09. The number of carbonyl (C=O) groups is 3. The molecule has 0 saturated carbocycles. The number of amides is 3. The van der Waals surface area contributed by atoms with Gasteiger partial charge in [0.1, 0.15) is 5.75 Å². The second-order valence-electron chi connectivity index (χ2n) is 4.59. The van der Waals surface area contributed by atoms with Crippen LogP contribution in [-0.2, 0) is 14.3 Å². The molecule has 7 nitrogen and oxygen atoms in total. The number of esters is 1. The van der Waals surface area contributed by atoms with E-state index in [1.54, 1.807) is 25.1 Å². The molecule has 1 atom stereocenters. The summed E-state index contributed by atoms with van der Waals surface area (Å²) >= 11 is 0. The van der Waals surface area contributed by atoms with Crippen molar-refractivity contribution < 1.29 is 23.9 Å². The molecule has 3 amide bonds. The van der Waals surface area contributed by atoms with Gasteiger partial charge >= 0.3 is 12.0 Å². The molecule has 0 aliphatic heterocycles. The van der Waals surface area contributed by atoms with Crippen molar-refractivity contribution in [3.8, 4) is 5.75 Å². The van der Waals surface area contributed by atoms with Gasteiger partial charge in [0.2, 0.25) is 0 Å². The van der Waals surface area contributed by atoms with Crippen molar-refractivity contribution in [1.82, 2.24) is 10.6 Å². The molecule has 0 aliphatic rings. The Morgan fingerprint density at radius 2 is 2.00 bits per heavy atom. The summed E-state index contributed by atoms with van der Waals surface area (Å²) < 4.78 is 10.2. The summed E-state index contributed by atoms with van der Waals surface area (Å²) in [5, 5.41) is 4.46. The minimum Gasteiger partial charge on any atom is -0.482 e. The second kappa shape index (κ2) is 8.66. The van der Waals surface area contributed by atoms with Gasteiger partial charge in [0.05, 0.1) is 0 Å². The average Bonchev–Trinajstić information content (AvgIpc) is 2.45. The monoisotopic (exact) mass is 308 g/mol. The van der Waals surface area contributed by atoms with E-state index < -0.39 is 24.0 Å². The van der Waals surface area contributed by atoms with Crippen molar-refractivity contribution >= 4 is 17.9 Å². The van der Waals surface area contributed by atoms with Gasteiger partial charge in [0.15, 0.2) is 12.7 Å². The van der Waals surface area contributed by atoms with E-state index in [-0.39, 0.29) is 6.61 Å². The van der Waals surface area contributed by atoms with E-state index in [0.717, 1.165) is 5.56 Å². The van der Waals surface area contributed by atoms with E-state index in [1.807, 2.05) is 13.0 Å². The summed E-state index contributed by atoms with van der Waals surface area (Å²) in [4.78, 5) is 34.4. The Morgan fingerprint density at radius 3 is 2.64 bits per heavy atom. The highest BCUT2D eigenvalue weighted by molar-refractivity contribution is 5.97. The lowest BCUT2D eigenvalue weighted by molar-refractivity contribution is -0.156. The summed E-state index contributed by atoms with van der Waals surface area (Å²) in [6.07, 6.45) is -1.09. The largest absolute Gasteiger partial charge is 0.482 e. The molecule has 1 rings (SSSR count). The van der Waals surface area contributed by atoms with Crippen molar-refractivity contribution in [2.45, 2.75) is 26.9 Å². The zero-order chi connectivity index (χ0) is 16.5. The number of carbonyl (C=O) groups excluding carboxylic acids is 3. The van der Waals surface area contributed by atoms with E-state index in [4.69, 9.17) is 9.47 Å². The van der Waals surface area contributed by atoms with Gasteiger partial charge in [-0.05, 0) is 38.5 Å². The van der Waals surface area contributed by atoms with Crippen molar-refractivity contribution in [2.24, 2.45) is 0 Å². The van der Waals surface area contributed by atoms with Crippen LogP contribution in [0.2, 0.25) is 0 Å². The molecule has 120 valence electrons. The van der Waals surface area contributed by atoms with Gasteiger partial charge in [-0.1, -0.05) is 12.1 Å². The first-order chi connectivity index (χ1) is 10.4. The van der Waals surface area contributed by atoms with Crippen LogP contribution in [0.5, 0.6) is 5.75 Å². The normalized spacial score (nSPS) is 11.2. The van der Waals surface area contributed by atoms with Gasteiger partial charge in [0.25, 0.3) is 5.91 Å². The molecular formula is C15H20N2O5. The van der Waals surface area contributed by atoms with Gasteiger partial charge < -0.3 is 14.8 Å². The number of benzene rings is 1. The molecule has 0 fully saturated rings. The molecule has 1 unspecified atom stereocenters. The van der Waals surface area contributed by atoms with Crippen LogP contribution in [0.4, 0.5) is 4.79 Å². The van der Waals surface area contributed by atoms with Crippen LogP contribution in [0.15, 0.2) is 24.3 Å². The highest BCUT2D eigenvalue weighted by atomic mass is 16.6. The zero-order valence-corrected chi connectivity index (χ0v) is 12.8. The number of ether oxygens (including phenoxy) is 2. The van der Waals surface area contributed by atoms with Gasteiger partial charge in [-0.25, -0.2) is 9.59 Å². The summed E-state index contributed by atoms with van der Waals surface area (Å²) in [7, 11) is 0. The number of hydrogen-bond acceptors (Lipinski definition) is 5. The number of nitrogens with one attached hydrogen (secondary N) is 2. The molecule has 1 aromatic rings. The number of hydrogen-bond donors (Lipinski definition) is 2. The summed E-state index contributed by atoms with van der Waals surface area (Å²) in [5.74, 6) is -0.855. The molecule has 0 aromatic heterocycles. The smallest absolute Gasteiger partial charge is 0.344 e. The quantitative estimate of drug-likeness (QED) is 0.769. The van der Waals surface area contributed by atoms with E-state index in [0.29, 0.717) is 12.3 Å². The maximum absolute atomic E-state index is 11.6. The molecule has 0 saturated heterocycles. The predicted octanol–water partition coefficient (Wildman–Crippen LogP) is 1.15. The zero-order valence-electron chi connectivity index (χ0n) is 12.8. The maximum atomic E-state index is 11.6. The van der Waals surface area contributed by atoms with Crippen molar-refractivity contribution in [3.05, 3.63) is 29.8 Å². The summed E-state index contributed by atoms with van der Waals surface area (Å²) in [6.45, 7) is 5.06. The fraction of sp³-hybridized carbons (Fsp3) is 0.400. The lowest BCUT2D eigenvalue weighted by Crippen LogP contribution is -2.44. The van der Waals surface area contributed by atoms with E-state index in [9.17, 15) is 14.4 Å². The van der Waals surface area contributed by atoms with Crippen LogP contribution < -0.4 is 15.4 Å². The molecule has 1 aromatic carbocycles. The molecule has 22 heavy (non-hydrogen) atoms. The van der Waals surface area contributed by atoms with E-state index >= 15 is 0 Å². The number of imide groups is 1. The van der Waals surface area contributed by atoms with Gasteiger partial charge in [-0.3, -0.25) is 10.1 Å². The first kappa shape index (κ1) is 17.5. The third kappa shape index (κ3) is 6.25. The lowest BCUT2D eigenvalue weighted by Gasteiger charge is -2.13. The molecule has 0 radical (unpaired) electrons. The van der Waals surface area contributed by atoms with Crippen LogP contribution in [0, 0.1) is 6.92 Å². The first-order valence-corrected chi connectivity index (χ1v) is 6.90. The molecular weight excluding hydrogens is 288 g/mol. The van der Waals surface area contributed by atoms with Crippen molar-refractivity contribution in [2.75, 3.05) is 13.2 Å². The average molecular weight is 308 g/mol. The summed E-state index contributed by atoms with van der Waals surface area (Å²) in [5.41, 5.74) is 1.00. The topological polar surface area (TPSA) is 93.7 Å². The molecule has 0 spiro atoms. The third-order valence-electron chi connectivity index (χ3n) is 2.60. The van der Waals surface area contributed by atoms with E-state index in [1.165, 1.54) is 6.92 Å². The van der Waals surface area contributed by atoms with Crippen LogP contribution in [-0.4, -0.2) is 37.2 Å². The number of rotatable bonds is 6. The number of aryl methyl sites for hydroxylation is 1. The Hall–Kier alpha value is -2.57. The summed E-state index contributed by atoms with van der Waals surface area (Å²) in [6, 6.07) is 6.56. The fourth-order valence-electron chi connectivity index (χ4n) is 1.55. The second-order valence-corrected chi connectivity index (χ2v) is 4.59.